The number of hydrogen-bond acceptors (Lipinski definition) is 4. The van der Waals surface area contributed by atoms with Crippen molar-refractivity contribution < 1.29 is 4.74 Å². The van der Waals surface area contributed by atoms with Crippen LogP contribution in [0.5, 0.6) is 5.75 Å². The second kappa shape index (κ2) is 4.58. The zero-order chi connectivity index (χ0) is 12.3. The molecule has 0 saturated carbocycles. The van der Waals surface area contributed by atoms with Gasteiger partial charge in [0.1, 0.15) is 12.4 Å². The van der Waals surface area contributed by atoms with E-state index in [1.54, 1.807) is 22.9 Å². The van der Waals surface area contributed by atoms with Gasteiger partial charge < -0.3 is 10.5 Å². The highest BCUT2D eigenvalue weighted by molar-refractivity contribution is 5.56. The third-order valence-corrected chi connectivity index (χ3v) is 2.28. The Morgan fingerprint density at radius 3 is 2.88 bits per heavy atom. The molecule has 5 heteroatoms. The Labute approximate surface area is 99.0 Å². The Hall–Kier alpha value is -2.48. The number of aromatic nitrogens is 2. The Morgan fingerprint density at radius 2 is 2.29 bits per heavy atom. The molecule has 2 aromatic rings. The summed E-state index contributed by atoms with van der Waals surface area (Å²) in [5.41, 5.74) is 7.57. The van der Waals surface area contributed by atoms with Crippen LogP contribution in [0, 0.1) is 11.3 Å². The van der Waals surface area contributed by atoms with Gasteiger partial charge in [0.25, 0.3) is 0 Å². The van der Waals surface area contributed by atoms with Crippen molar-refractivity contribution in [2.45, 2.75) is 6.61 Å². The normalized spacial score (nSPS) is 9.88. The maximum absolute atomic E-state index is 8.70. The molecule has 0 fully saturated rings. The fraction of sp³-hybridized carbons (Fsp3) is 0.167. The largest absolute Gasteiger partial charge is 0.485 e. The van der Waals surface area contributed by atoms with Crippen LogP contribution >= 0.6 is 0 Å². The van der Waals surface area contributed by atoms with E-state index in [1.807, 2.05) is 25.4 Å². The average Bonchev–Trinajstić information content (AvgIpc) is 2.73. The number of ether oxygens (including phenoxy) is 1. The van der Waals surface area contributed by atoms with Gasteiger partial charge in [-0.05, 0) is 24.3 Å². The van der Waals surface area contributed by atoms with Gasteiger partial charge >= 0.3 is 0 Å². The van der Waals surface area contributed by atoms with Gasteiger partial charge in [-0.15, -0.1) is 0 Å². The molecule has 17 heavy (non-hydrogen) atoms. The van der Waals surface area contributed by atoms with E-state index in [2.05, 4.69) is 5.10 Å². The van der Waals surface area contributed by atoms with Gasteiger partial charge in [-0.3, -0.25) is 4.68 Å². The molecule has 2 N–H and O–H groups in total. The molecular formula is C12H12N4O. The van der Waals surface area contributed by atoms with Gasteiger partial charge in [0.2, 0.25) is 0 Å². The predicted octanol–water partition coefficient (Wildman–Crippen LogP) is 1.45. The molecule has 0 unspecified atom stereocenters. The smallest absolute Gasteiger partial charge is 0.142 e. The molecule has 86 valence electrons. The number of rotatable bonds is 3. The average molecular weight is 228 g/mol. The maximum Gasteiger partial charge on any atom is 0.142 e. The minimum absolute atomic E-state index is 0.358. The van der Waals surface area contributed by atoms with Crippen LogP contribution in [-0.2, 0) is 13.7 Å². The Morgan fingerprint density at radius 1 is 1.47 bits per heavy atom. The summed E-state index contributed by atoms with van der Waals surface area (Å²) in [4.78, 5) is 0. The summed E-state index contributed by atoms with van der Waals surface area (Å²) in [5.74, 6) is 0.564. The zero-order valence-electron chi connectivity index (χ0n) is 9.42. The van der Waals surface area contributed by atoms with Gasteiger partial charge in [-0.1, -0.05) is 0 Å². The minimum atomic E-state index is 0.358. The molecule has 2 rings (SSSR count). The molecule has 5 nitrogen and oxygen atoms in total. The standard InChI is InChI=1S/C12H12N4O/c1-16-5-4-10(15-16)8-17-12-3-2-9(7-13)6-11(12)14/h2-6H,8,14H2,1H3. The molecule has 1 heterocycles. The summed E-state index contributed by atoms with van der Waals surface area (Å²) in [6, 6.07) is 8.85. The molecule has 1 aromatic carbocycles. The molecule has 0 amide bonds. The van der Waals surface area contributed by atoms with E-state index in [1.165, 1.54) is 0 Å². The highest BCUT2D eigenvalue weighted by Gasteiger charge is 2.03. The lowest BCUT2D eigenvalue weighted by molar-refractivity contribution is 0.301. The van der Waals surface area contributed by atoms with E-state index in [-0.39, 0.29) is 0 Å². The van der Waals surface area contributed by atoms with Gasteiger partial charge in [-0.25, -0.2) is 0 Å². The molecule has 0 aliphatic rings. The van der Waals surface area contributed by atoms with E-state index < -0.39 is 0 Å². The molecule has 0 spiro atoms. The predicted molar refractivity (Wildman–Crippen MR) is 63.1 cm³/mol. The summed E-state index contributed by atoms with van der Waals surface area (Å²) >= 11 is 0. The SMILES string of the molecule is Cn1ccc(COc2ccc(C#N)cc2N)n1. The first-order valence-electron chi connectivity index (χ1n) is 5.10. The van der Waals surface area contributed by atoms with Crippen molar-refractivity contribution in [3.8, 4) is 11.8 Å². The van der Waals surface area contributed by atoms with Crippen molar-refractivity contribution in [1.29, 1.82) is 5.26 Å². The summed E-state index contributed by atoms with van der Waals surface area (Å²) in [6.45, 7) is 0.358. The number of nitriles is 1. The Balaban J connectivity index is 2.07. The van der Waals surface area contributed by atoms with Crippen LogP contribution in [0.4, 0.5) is 5.69 Å². The van der Waals surface area contributed by atoms with Crippen LogP contribution in [0.25, 0.3) is 0 Å². The Kier molecular flexibility index (Phi) is 2.97. The van der Waals surface area contributed by atoms with Gasteiger partial charge in [-0.2, -0.15) is 10.4 Å². The first-order valence-corrected chi connectivity index (χ1v) is 5.10. The lowest BCUT2D eigenvalue weighted by Gasteiger charge is -2.07. The number of anilines is 1. The van der Waals surface area contributed by atoms with Crippen molar-refractivity contribution in [3.63, 3.8) is 0 Å². The fourth-order valence-corrected chi connectivity index (χ4v) is 1.44. The summed E-state index contributed by atoms with van der Waals surface area (Å²) in [5, 5.41) is 12.9. The number of hydrogen-bond donors (Lipinski definition) is 1. The van der Waals surface area contributed by atoms with Crippen LogP contribution in [-0.4, -0.2) is 9.78 Å². The first kappa shape index (κ1) is 11.0. The molecule has 0 aliphatic carbocycles. The lowest BCUT2D eigenvalue weighted by Crippen LogP contribution is -2.00. The fourth-order valence-electron chi connectivity index (χ4n) is 1.44. The molecule has 0 atom stereocenters. The molecule has 0 bridgehead atoms. The van der Waals surface area contributed by atoms with Crippen molar-refractivity contribution in [1.82, 2.24) is 9.78 Å². The lowest BCUT2D eigenvalue weighted by atomic mass is 10.2. The van der Waals surface area contributed by atoms with E-state index in [9.17, 15) is 0 Å². The van der Waals surface area contributed by atoms with Crippen LogP contribution in [0.15, 0.2) is 30.5 Å². The highest BCUT2D eigenvalue weighted by Crippen LogP contribution is 2.22. The van der Waals surface area contributed by atoms with E-state index in [0.29, 0.717) is 23.6 Å². The Bertz CT molecular complexity index is 568. The van der Waals surface area contributed by atoms with Crippen LogP contribution in [0.2, 0.25) is 0 Å². The summed E-state index contributed by atoms with van der Waals surface area (Å²) < 4.78 is 7.23. The highest BCUT2D eigenvalue weighted by atomic mass is 16.5. The number of nitrogens with zero attached hydrogens (tertiary/aromatic N) is 3. The van der Waals surface area contributed by atoms with Gasteiger partial charge in [0.15, 0.2) is 0 Å². The topological polar surface area (TPSA) is 76.9 Å². The third kappa shape index (κ3) is 2.55. The van der Waals surface area contributed by atoms with Gasteiger partial charge in [0.05, 0.1) is 23.0 Å². The number of aryl methyl sites for hydroxylation is 1. The zero-order valence-corrected chi connectivity index (χ0v) is 9.42. The van der Waals surface area contributed by atoms with E-state index in [0.717, 1.165) is 5.69 Å². The van der Waals surface area contributed by atoms with E-state index >= 15 is 0 Å². The van der Waals surface area contributed by atoms with Crippen LogP contribution < -0.4 is 10.5 Å². The third-order valence-electron chi connectivity index (χ3n) is 2.28. The quantitative estimate of drug-likeness (QED) is 0.806. The number of nitrogen functional groups attached to an aromatic ring is 1. The second-order valence-electron chi connectivity index (χ2n) is 3.63. The van der Waals surface area contributed by atoms with Crippen molar-refractivity contribution in [3.05, 3.63) is 41.7 Å². The molecule has 1 aromatic heterocycles. The van der Waals surface area contributed by atoms with E-state index in [4.69, 9.17) is 15.7 Å². The number of benzene rings is 1. The minimum Gasteiger partial charge on any atom is -0.485 e. The monoisotopic (exact) mass is 228 g/mol. The maximum atomic E-state index is 8.70. The first-order chi connectivity index (χ1) is 8.19. The molecule has 0 aliphatic heterocycles. The van der Waals surface area contributed by atoms with Crippen LogP contribution in [0.3, 0.4) is 0 Å². The van der Waals surface area contributed by atoms with Crippen molar-refractivity contribution >= 4 is 5.69 Å². The van der Waals surface area contributed by atoms with Crippen molar-refractivity contribution in [2.75, 3.05) is 5.73 Å². The second-order valence-corrected chi connectivity index (χ2v) is 3.63. The van der Waals surface area contributed by atoms with Gasteiger partial charge in [0, 0.05) is 13.2 Å². The molecular weight excluding hydrogens is 216 g/mol. The van der Waals surface area contributed by atoms with Crippen LogP contribution in [0.1, 0.15) is 11.3 Å². The number of nitrogens with two attached hydrogens (primary N) is 1. The molecule has 0 saturated heterocycles. The van der Waals surface area contributed by atoms with Crippen molar-refractivity contribution in [2.24, 2.45) is 7.05 Å². The summed E-state index contributed by atoms with van der Waals surface area (Å²) in [6.07, 6.45) is 1.85. The summed E-state index contributed by atoms with van der Waals surface area (Å²) in [7, 11) is 1.85. The molecule has 0 radical (unpaired) electrons.